The number of carbonyl (C=O) groups is 1. The molecule has 0 aliphatic carbocycles. The second-order valence-corrected chi connectivity index (χ2v) is 7.05. The van der Waals surface area contributed by atoms with Crippen LogP contribution in [0.15, 0.2) is 23.1 Å². The zero-order valence-corrected chi connectivity index (χ0v) is 14.4. The Morgan fingerprint density at radius 3 is 2.19 bits per heavy atom. The molecule has 0 aliphatic heterocycles. The van der Waals surface area contributed by atoms with E-state index in [4.69, 9.17) is 11.6 Å². The third-order valence-corrected chi connectivity index (χ3v) is 5.10. The minimum absolute atomic E-state index is 0.0190. The molecular weight excluding hydrogens is 405 g/mol. The summed E-state index contributed by atoms with van der Waals surface area (Å²) in [5.74, 6) is -9.94. The van der Waals surface area contributed by atoms with Crippen LogP contribution < -0.4 is 4.72 Å². The summed E-state index contributed by atoms with van der Waals surface area (Å²) in [6.45, 7) is 1.36. The highest BCUT2D eigenvalue weighted by Gasteiger charge is 2.27. The van der Waals surface area contributed by atoms with E-state index in [1.54, 1.807) is 4.72 Å². The molecular formula is C15H9ClF5NO3S. The number of hydrogen-bond acceptors (Lipinski definition) is 3. The van der Waals surface area contributed by atoms with Gasteiger partial charge in [0.1, 0.15) is 16.5 Å². The molecule has 140 valence electrons. The van der Waals surface area contributed by atoms with Gasteiger partial charge < -0.3 is 0 Å². The van der Waals surface area contributed by atoms with E-state index in [1.807, 2.05) is 0 Å². The lowest BCUT2D eigenvalue weighted by Gasteiger charge is -2.12. The van der Waals surface area contributed by atoms with Gasteiger partial charge in [0, 0.05) is 18.1 Å². The van der Waals surface area contributed by atoms with Crippen molar-refractivity contribution in [3.05, 3.63) is 52.3 Å². The van der Waals surface area contributed by atoms with Crippen LogP contribution in [-0.4, -0.2) is 14.3 Å². The number of carbonyl (C=O) groups excluding carboxylic acids is 1. The SMILES string of the molecule is CCC(=O)NS(=O)(=O)c1cc(-c2c(F)cc(F)c(F)c2F)c(F)cc1Cl. The Hall–Kier alpha value is -2.20. The van der Waals surface area contributed by atoms with Crippen LogP contribution in [0.3, 0.4) is 0 Å². The molecule has 0 aromatic heterocycles. The molecule has 0 saturated heterocycles. The summed E-state index contributed by atoms with van der Waals surface area (Å²) in [6.07, 6.45) is -0.211. The molecule has 11 heteroatoms. The molecule has 1 N–H and O–H groups in total. The first-order chi connectivity index (χ1) is 12.0. The summed E-state index contributed by atoms with van der Waals surface area (Å²) in [6, 6.07) is 0.818. The van der Waals surface area contributed by atoms with Crippen molar-refractivity contribution in [3.8, 4) is 11.1 Å². The Kier molecular flexibility index (Phi) is 5.57. The van der Waals surface area contributed by atoms with Crippen LogP contribution in [0.5, 0.6) is 0 Å². The molecule has 0 aliphatic rings. The number of benzene rings is 2. The maximum atomic E-state index is 14.1. The van der Waals surface area contributed by atoms with Gasteiger partial charge in [0.05, 0.1) is 10.6 Å². The van der Waals surface area contributed by atoms with E-state index >= 15 is 0 Å². The smallest absolute Gasteiger partial charge is 0.265 e. The predicted molar refractivity (Wildman–Crippen MR) is 82.3 cm³/mol. The number of hydrogen-bond donors (Lipinski definition) is 1. The van der Waals surface area contributed by atoms with E-state index in [1.165, 1.54) is 6.92 Å². The zero-order chi connectivity index (χ0) is 19.8. The maximum Gasteiger partial charge on any atom is 0.265 e. The lowest BCUT2D eigenvalue weighted by atomic mass is 10.0. The van der Waals surface area contributed by atoms with Crippen LogP contribution in [-0.2, 0) is 14.8 Å². The molecule has 4 nitrogen and oxygen atoms in total. The largest absolute Gasteiger partial charge is 0.274 e. The second-order valence-electron chi connectivity index (χ2n) is 4.99. The molecule has 0 saturated carbocycles. The molecule has 0 spiro atoms. The monoisotopic (exact) mass is 413 g/mol. The van der Waals surface area contributed by atoms with Crippen LogP contribution in [0, 0.1) is 29.1 Å². The second kappa shape index (κ2) is 7.20. The van der Waals surface area contributed by atoms with Gasteiger partial charge in [-0.15, -0.1) is 0 Å². The molecule has 26 heavy (non-hydrogen) atoms. The number of halogens is 6. The van der Waals surface area contributed by atoms with Gasteiger partial charge in [-0.1, -0.05) is 18.5 Å². The van der Waals surface area contributed by atoms with Crippen LogP contribution in [0.4, 0.5) is 22.0 Å². The maximum absolute atomic E-state index is 14.1. The normalized spacial score (nSPS) is 11.5. The Balaban J connectivity index is 2.75. The lowest BCUT2D eigenvalue weighted by molar-refractivity contribution is -0.119. The molecule has 0 unspecified atom stereocenters. The third kappa shape index (κ3) is 3.65. The van der Waals surface area contributed by atoms with Gasteiger partial charge in [0.2, 0.25) is 5.91 Å². The van der Waals surface area contributed by atoms with Crippen molar-refractivity contribution < 1.29 is 35.2 Å². The van der Waals surface area contributed by atoms with Crippen molar-refractivity contribution in [2.24, 2.45) is 0 Å². The summed E-state index contributed by atoms with van der Waals surface area (Å²) >= 11 is 5.64. The van der Waals surface area contributed by atoms with Crippen LogP contribution in [0.25, 0.3) is 11.1 Å². The lowest BCUT2D eigenvalue weighted by Crippen LogP contribution is -2.30. The average Bonchev–Trinajstić information content (AvgIpc) is 2.53. The summed E-state index contributed by atoms with van der Waals surface area (Å²) in [5, 5.41) is -0.689. The fourth-order valence-corrected chi connectivity index (χ4v) is 3.61. The van der Waals surface area contributed by atoms with Crippen molar-refractivity contribution in [1.82, 2.24) is 4.72 Å². The molecule has 0 bridgehead atoms. The minimum Gasteiger partial charge on any atom is -0.274 e. The van der Waals surface area contributed by atoms with E-state index in [0.717, 1.165) is 0 Å². The van der Waals surface area contributed by atoms with Crippen molar-refractivity contribution in [2.75, 3.05) is 0 Å². The Bertz CT molecular complexity index is 1010. The first-order valence-corrected chi connectivity index (χ1v) is 8.73. The first kappa shape index (κ1) is 20.1. The molecule has 2 aromatic carbocycles. The Morgan fingerprint density at radius 2 is 1.62 bits per heavy atom. The Morgan fingerprint density at radius 1 is 1.00 bits per heavy atom. The fraction of sp³-hybridized carbons (Fsp3) is 0.133. The summed E-state index contributed by atoms with van der Waals surface area (Å²) in [7, 11) is -4.60. The van der Waals surface area contributed by atoms with E-state index < -0.39 is 66.1 Å². The van der Waals surface area contributed by atoms with Gasteiger partial charge in [-0.05, 0) is 12.1 Å². The molecule has 0 heterocycles. The van der Waals surface area contributed by atoms with Crippen molar-refractivity contribution in [3.63, 3.8) is 0 Å². The van der Waals surface area contributed by atoms with Crippen molar-refractivity contribution in [1.29, 1.82) is 0 Å². The molecule has 1 amide bonds. The molecule has 0 fully saturated rings. The number of rotatable bonds is 4. The highest BCUT2D eigenvalue weighted by Crippen LogP contribution is 2.35. The molecule has 2 aromatic rings. The fourth-order valence-electron chi connectivity index (χ4n) is 2.02. The standard InChI is InChI=1S/C15H9ClF5NO3S/c1-2-12(23)22-26(24,25)11-3-6(8(17)4-7(11)16)13-9(18)5-10(19)14(20)15(13)21/h3-5H,2H2,1H3,(H,22,23). The van der Waals surface area contributed by atoms with E-state index in [2.05, 4.69) is 0 Å². The minimum atomic E-state index is -4.60. The molecule has 2 rings (SSSR count). The molecule has 0 atom stereocenters. The van der Waals surface area contributed by atoms with Gasteiger partial charge in [-0.25, -0.2) is 35.1 Å². The quantitative estimate of drug-likeness (QED) is 0.469. The summed E-state index contributed by atoms with van der Waals surface area (Å²) in [4.78, 5) is 10.4. The highest BCUT2D eigenvalue weighted by molar-refractivity contribution is 7.90. The number of amides is 1. The number of sulfonamides is 1. The number of nitrogens with one attached hydrogen (secondary N) is 1. The van der Waals surface area contributed by atoms with E-state index in [0.29, 0.717) is 12.1 Å². The van der Waals surface area contributed by atoms with Crippen LogP contribution >= 0.6 is 11.6 Å². The zero-order valence-electron chi connectivity index (χ0n) is 12.8. The van der Waals surface area contributed by atoms with Crippen molar-refractivity contribution in [2.45, 2.75) is 18.2 Å². The van der Waals surface area contributed by atoms with E-state index in [9.17, 15) is 35.2 Å². The van der Waals surface area contributed by atoms with Crippen LogP contribution in [0.2, 0.25) is 5.02 Å². The van der Waals surface area contributed by atoms with Gasteiger partial charge in [-0.3, -0.25) is 4.79 Å². The topological polar surface area (TPSA) is 63.2 Å². The average molecular weight is 414 g/mol. The van der Waals surface area contributed by atoms with Gasteiger partial charge in [-0.2, -0.15) is 0 Å². The summed E-state index contributed by atoms with van der Waals surface area (Å²) < 4.78 is 94.2. The van der Waals surface area contributed by atoms with Gasteiger partial charge >= 0.3 is 0 Å². The third-order valence-electron chi connectivity index (χ3n) is 3.26. The first-order valence-electron chi connectivity index (χ1n) is 6.87. The van der Waals surface area contributed by atoms with Gasteiger partial charge in [0.15, 0.2) is 17.5 Å². The van der Waals surface area contributed by atoms with E-state index in [-0.39, 0.29) is 12.5 Å². The highest BCUT2D eigenvalue weighted by atomic mass is 35.5. The van der Waals surface area contributed by atoms with Crippen molar-refractivity contribution >= 4 is 27.5 Å². The Labute approximate surface area is 149 Å². The predicted octanol–water partition coefficient (Wildman–Crippen LogP) is 3.92. The van der Waals surface area contributed by atoms with Gasteiger partial charge in [0.25, 0.3) is 10.0 Å². The van der Waals surface area contributed by atoms with Crippen LogP contribution in [0.1, 0.15) is 13.3 Å². The summed E-state index contributed by atoms with van der Waals surface area (Å²) in [5.41, 5.74) is -2.34. The molecule has 0 radical (unpaired) electrons.